The molecule has 0 spiro atoms. The second-order valence-corrected chi connectivity index (χ2v) is 10.4. The molecule has 0 fully saturated rings. The minimum absolute atomic E-state index is 0.0215. The van der Waals surface area contributed by atoms with E-state index >= 15 is 0 Å². The number of nitrogens with zero attached hydrogens (tertiary/aromatic N) is 2. The van der Waals surface area contributed by atoms with E-state index in [1.54, 1.807) is 49.5 Å². The summed E-state index contributed by atoms with van der Waals surface area (Å²) in [5.74, 6) is -0.590. The summed E-state index contributed by atoms with van der Waals surface area (Å²) in [5.41, 5.74) is 3.05. The van der Waals surface area contributed by atoms with Crippen LogP contribution in [0.15, 0.2) is 59.6 Å². The highest BCUT2D eigenvalue weighted by atomic mass is 32.2. The predicted octanol–water partition coefficient (Wildman–Crippen LogP) is 3.11. The molecule has 3 N–H and O–H groups in total. The summed E-state index contributed by atoms with van der Waals surface area (Å²) in [5, 5.41) is 13.0. The van der Waals surface area contributed by atoms with Crippen molar-refractivity contribution in [2.75, 3.05) is 19.9 Å². The number of hydrogen-bond donors (Lipinski definition) is 3. The van der Waals surface area contributed by atoms with Crippen LogP contribution in [0, 0.1) is 0 Å². The Morgan fingerprint density at radius 1 is 1.05 bits per heavy atom. The fraction of sp³-hybridized carbons (Fsp3) is 0.231. The van der Waals surface area contributed by atoms with E-state index < -0.39 is 15.7 Å². The Balaban J connectivity index is 1.62. The Morgan fingerprint density at radius 3 is 2.57 bits per heavy atom. The van der Waals surface area contributed by atoms with Gasteiger partial charge in [-0.05, 0) is 41.8 Å². The van der Waals surface area contributed by atoms with Crippen molar-refractivity contribution in [3.05, 3.63) is 71.5 Å². The van der Waals surface area contributed by atoms with Gasteiger partial charge in [0.2, 0.25) is 5.88 Å². The van der Waals surface area contributed by atoms with Gasteiger partial charge < -0.3 is 15.4 Å². The van der Waals surface area contributed by atoms with E-state index in [0.717, 1.165) is 5.56 Å². The summed E-state index contributed by atoms with van der Waals surface area (Å²) < 4.78 is 30.6. The van der Waals surface area contributed by atoms with E-state index in [1.165, 1.54) is 14.2 Å². The number of carbonyl (C=O) groups excluding carboxylic acids is 2. The number of methoxy groups -OCH3 is 1. The van der Waals surface area contributed by atoms with Gasteiger partial charge in [-0.25, -0.2) is 13.4 Å². The van der Waals surface area contributed by atoms with Gasteiger partial charge in [0, 0.05) is 30.7 Å². The smallest absolute Gasteiger partial charge is 0.272 e. The van der Waals surface area contributed by atoms with Crippen LogP contribution in [0.5, 0.6) is 5.88 Å². The van der Waals surface area contributed by atoms with Gasteiger partial charge in [-0.1, -0.05) is 31.2 Å². The molecule has 0 aliphatic rings. The Labute approximate surface area is 214 Å². The van der Waals surface area contributed by atoms with Gasteiger partial charge in [-0.2, -0.15) is 5.10 Å². The molecular weight excluding hydrogens is 494 g/mol. The summed E-state index contributed by atoms with van der Waals surface area (Å²) in [7, 11) is -0.498. The van der Waals surface area contributed by atoms with Crippen LogP contribution in [0.25, 0.3) is 22.0 Å². The predicted molar refractivity (Wildman–Crippen MR) is 139 cm³/mol. The summed E-state index contributed by atoms with van der Waals surface area (Å²) in [6.45, 7) is 1.83. The number of aromatic nitrogens is 3. The van der Waals surface area contributed by atoms with E-state index in [4.69, 9.17) is 4.74 Å². The molecule has 4 rings (SSSR count). The molecule has 37 heavy (non-hydrogen) atoms. The van der Waals surface area contributed by atoms with Gasteiger partial charge in [0.15, 0.2) is 15.5 Å². The first kappa shape index (κ1) is 25.8. The van der Waals surface area contributed by atoms with Crippen LogP contribution < -0.4 is 15.4 Å². The van der Waals surface area contributed by atoms with Gasteiger partial charge in [0.05, 0.1) is 23.3 Å². The fourth-order valence-corrected chi connectivity index (χ4v) is 5.61. The molecule has 2 aromatic carbocycles. The standard InChI is InChI=1S/C26H27N5O5S/c1-4-11-37(34,35)22-8-6-5-7-17(22)14-28-24(32)20-12-18(15-29-26(20)36-3)16-9-10-19-21(13-16)30-31-23(19)25(33)27-2/h5-10,12-13,15H,4,11,14H2,1-3H3,(H,27,33)(H,28,32)(H,30,31). The second kappa shape index (κ2) is 10.8. The summed E-state index contributed by atoms with van der Waals surface area (Å²) in [4.78, 5) is 29.7. The maximum Gasteiger partial charge on any atom is 0.272 e. The number of fused-ring (bicyclic) bond motifs is 1. The molecular formula is C26H27N5O5S. The molecule has 11 heteroatoms. The second-order valence-electron chi connectivity index (χ2n) is 8.30. The van der Waals surface area contributed by atoms with Crippen molar-refractivity contribution in [3.63, 3.8) is 0 Å². The molecule has 0 aliphatic heterocycles. The largest absolute Gasteiger partial charge is 0.480 e. The van der Waals surface area contributed by atoms with Crippen molar-refractivity contribution < 1.29 is 22.7 Å². The number of benzene rings is 2. The lowest BCUT2D eigenvalue weighted by Crippen LogP contribution is -2.25. The van der Waals surface area contributed by atoms with Crippen molar-refractivity contribution in [2.24, 2.45) is 0 Å². The average molecular weight is 522 g/mol. The van der Waals surface area contributed by atoms with E-state index in [1.807, 2.05) is 12.1 Å². The Bertz CT molecular complexity index is 1580. The number of H-pyrrole nitrogens is 1. The lowest BCUT2D eigenvalue weighted by Gasteiger charge is -2.13. The number of hydrogen-bond acceptors (Lipinski definition) is 7. The van der Waals surface area contributed by atoms with Gasteiger partial charge in [0.25, 0.3) is 11.8 Å². The highest BCUT2D eigenvalue weighted by Crippen LogP contribution is 2.28. The number of carbonyl (C=O) groups is 2. The molecule has 0 aliphatic carbocycles. The molecule has 0 bridgehead atoms. The summed E-state index contributed by atoms with van der Waals surface area (Å²) in [6, 6.07) is 13.7. The number of ether oxygens (including phenoxy) is 1. The first-order valence-electron chi connectivity index (χ1n) is 11.6. The fourth-order valence-electron chi connectivity index (χ4n) is 4.03. The van der Waals surface area contributed by atoms with Gasteiger partial charge >= 0.3 is 0 Å². The molecule has 4 aromatic rings. The molecule has 10 nitrogen and oxygen atoms in total. The van der Waals surface area contributed by atoms with Gasteiger partial charge in [-0.3, -0.25) is 14.7 Å². The zero-order chi connectivity index (χ0) is 26.6. The number of rotatable bonds is 9. The molecule has 0 unspecified atom stereocenters. The quantitative estimate of drug-likeness (QED) is 0.307. The monoisotopic (exact) mass is 521 g/mol. The number of pyridine rings is 1. The van der Waals surface area contributed by atoms with Crippen LogP contribution in [0.3, 0.4) is 0 Å². The molecule has 192 valence electrons. The topological polar surface area (TPSA) is 143 Å². The van der Waals surface area contributed by atoms with Crippen LogP contribution in [-0.4, -0.2) is 55.3 Å². The molecule has 2 heterocycles. The third-order valence-electron chi connectivity index (χ3n) is 5.85. The zero-order valence-corrected chi connectivity index (χ0v) is 21.5. The maximum atomic E-state index is 13.2. The van der Waals surface area contributed by atoms with Crippen molar-refractivity contribution in [1.29, 1.82) is 0 Å². The lowest BCUT2D eigenvalue weighted by molar-refractivity contribution is 0.0943. The molecule has 0 saturated heterocycles. The first-order chi connectivity index (χ1) is 17.8. The molecule has 0 radical (unpaired) electrons. The molecule has 2 amide bonds. The summed E-state index contributed by atoms with van der Waals surface area (Å²) in [6.07, 6.45) is 2.08. The third-order valence-corrected chi connectivity index (χ3v) is 7.86. The van der Waals surface area contributed by atoms with Gasteiger partial charge in [-0.15, -0.1) is 0 Å². The molecule has 0 atom stereocenters. The van der Waals surface area contributed by atoms with Crippen LogP contribution >= 0.6 is 0 Å². The molecule has 0 saturated carbocycles. The number of aromatic amines is 1. The minimum Gasteiger partial charge on any atom is -0.480 e. The lowest BCUT2D eigenvalue weighted by atomic mass is 10.0. The number of nitrogens with one attached hydrogen (secondary N) is 3. The van der Waals surface area contributed by atoms with Crippen LogP contribution in [0.2, 0.25) is 0 Å². The summed E-state index contributed by atoms with van der Waals surface area (Å²) >= 11 is 0. The van der Waals surface area contributed by atoms with Crippen molar-refractivity contribution in [3.8, 4) is 17.0 Å². The highest BCUT2D eigenvalue weighted by molar-refractivity contribution is 7.91. The average Bonchev–Trinajstić information content (AvgIpc) is 3.34. The number of sulfone groups is 1. The van der Waals surface area contributed by atoms with E-state index in [0.29, 0.717) is 34.1 Å². The van der Waals surface area contributed by atoms with Crippen molar-refractivity contribution >= 4 is 32.6 Å². The van der Waals surface area contributed by atoms with Gasteiger partial charge in [0.1, 0.15) is 5.56 Å². The normalized spacial score (nSPS) is 11.3. The SMILES string of the molecule is CCCS(=O)(=O)c1ccccc1CNC(=O)c1cc(-c2ccc3c(C(=O)NC)n[nH]c3c2)cnc1OC. The maximum absolute atomic E-state index is 13.2. The molecule has 2 aromatic heterocycles. The Hall–Kier alpha value is -4.25. The van der Waals surface area contributed by atoms with E-state index in [-0.39, 0.29) is 34.5 Å². The first-order valence-corrected chi connectivity index (χ1v) is 13.3. The Kier molecular flexibility index (Phi) is 7.53. The van der Waals surface area contributed by atoms with E-state index in [2.05, 4.69) is 25.8 Å². The number of amides is 2. The highest BCUT2D eigenvalue weighted by Gasteiger charge is 2.20. The Morgan fingerprint density at radius 2 is 1.84 bits per heavy atom. The van der Waals surface area contributed by atoms with Crippen LogP contribution in [0.4, 0.5) is 0 Å². The van der Waals surface area contributed by atoms with Crippen molar-refractivity contribution in [1.82, 2.24) is 25.8 Å². The zero-order valence-electron chi connectivity index (χ0n) is 20.7. The van der Waals surface area contributed by atoms with Crippen molar-refractivity contribution in [2.45, 2.75) is 24.8 Å². The van der Waals surface area contributed by atoms with Crippen LogP contribution in [0.1, 0.15) is 39.8 Å². The van der Waals surface area contributed by atoms with Crippen LogP contribution in [-0.2, 0) is 16.4 Å². The van der Waals surface area contributed by atoms with E-state index in [9.17, 15) is 18.0 Å². The minimum atomic E-state index is -3.45. The third kappa shape index (κ3) is 5.31.